The molecule has 38 heavy (non-hydrogen) atoms. The number of pyridine rings is 1. The average Bonchev–Trinajstić information content (AvgIpc) is 3.34. The Kier molecular flexibility index (Phi) is 6.92. The molecule has 7 heteroatoms. The number of aryl methyl sites for hydroxylation is 2. The summed E-state index contributed by atoms with van der Waals surface area (Å²) in [6.07, 6.45) is 2.50. The number of aromatic amines is 1. The number of carbonyl (C=O) groups excluding carboxylic acids is 1. The Morgan fingerprint density at radius 3 is 2.45 bits per heavy atom. The van der Waals surface area contributed by atoms with Crippen molar-refractivity contribution in [3.63, 3.8) is 0 Å². The van der Waals surface area contributed by atoms with Crippen LogP contribution in [-0.2, 0) is 22.5 Å². The summed E-state index contributed by atoms with van der Waals surface area (Å²) < 4.78 is 12.2. The minimum atomic E-state index is -0.717. The van der Waals surface area contributed by atoms with Crippen LogP contribution in [-0.4, -0.2) is 34.8 Å². The van der Waals surface area contributed by atoms with E-state index in [0.717, 1.165) is 32.8 Å². The molecule has 2 heterocycles. The number of ether oxygens (including phenoxy) is 2. The second kappa shape index (κ2) is 10.5. The Labute approximate surface area is 220 Å². The molecule has 0 aliphatic carbocycles. The predicted octanol–water partition coefficient (Wildman–Crippen LogP) is 5.44. The van der Waals surface area contributed by atoms with Crippen LogP contribution >= 0.6 is 0 Å². The summed E-state index contributed by atoms with van der Waals surface area (Å²) >= 11 is 0. The molecule has 5 aromatic rings. The number of hydrogen-bond donors (Lipinski definition) is 2. The van der Waals surface area contributed by atoms with Crippen molar-refractivity contribution in [1.82, 2.24) is 9.55 Å². The lowest BCUT2D eigenvalue weighted by molar-refractivity contribution is -0.140. The first-order valence-electron chi connectivity index (χ1n) is 12.5. The lowest BCUT2D eigenvalue weighted by Crippen LogP contribution is -2.29. The first-order chi connectivity index (χ1) is 18.4. The first-order valence-corrected chi connectivity index (χ1v) is 12.5. The molecule has 0 aliphatic rings. The van der Waals surface area contributed by atoms with Gasteiger partial charge >= 0.3 is 5.97 Å². The van der Waals surface area contributed by atoms with Crippen LogP contribution in [0, 0.1) is 6.92 Å². The van der Waals surface area contributed by atoms with Gasteiger partial charge in [-0.05, 0) is 48.1 Å². The van der Waals surface area contributed by atoms with Gasteiger partial charge < -0.3 is 24.1 Å². The number of benzene rings is 3. The van der Waals surface area contributed by atoms with Crippen LogP contribution in [0.4, 0.5) is 0 Å². The van der Waals surface area contributed by atoms with Gasteiger partial charge in [0.2, 0.25) is 0 Å². The molecular formula is C31H30N2O5. The van der Waals surface area contributed by atoms with Crippen molar-refractivity contribution in [2.24, 2.45) is 0 Å². The summed E-state index contributed by atoms with van der Waals surface area (Å²) in [5, 5.41) is 13.9. The Bertz CT molecular complexity index is 1700. The number of aromatic nitrogens is 2. The number of para-hydroxylation sites is 1. The molecule has 0 fully saturated rings. The zero-order chi connectivity index (χ0) is 26.8. The van der Waals surface area contributed by atoms with E-state index < -0.39 is 11.9 Å². The number of H-pyrrole nitrogens is 1. The topological polar surface area (TPSA) is 93.5 Å². The number of rotatable bonds is 8. The molecule has 1 atom stereocenters. The minimum Gasteiger partial charge on any atom is -0.507 e. The van der Waals surface area contributed by atoms with Crippen molar-refractivity contribution in [1.29, 1.82) is 0 Å². The van der Waals surface area contributed by atoms with Crippen molar-refractivity contribution in [3.05, 3.63) is 106 Å². The summed E-state index contributed by atoms with van der Waals surface area (Å²) in [4.78, 5) is 29.8. The fourth-order valence-corrected chi connectivity index (χ4v) is 5.34. The lowest BCUT2D eigenvalue weighted by Gasteiger charge is -2.22. The fraction of sp³-hybridized carbons (Fsp3) is 0.226. The zero-order valence-corrected chi connectivity index (χ0v) is 21.7. The molecule has 2 aromatic heterocycles. The molecule has 0 bridgehead atoms. The molecule has 0 unspecified atom stereocenters. The highest BCUT2D eigenvalue weighted by atomic mass is 16.5. The van der Waals surface area contributed by atoms with E-state index in [4.69, 9.17) is 9.47 Å². The van der Waals surface area contributed by atoms with Crippen molar-refractivity contribution < 1.29 is 19.4 Å². The van der Waals surface area contributed by atoms with Crippen LogP contribution in [0.2, 0.25) is 0 Å². The van der Waals surface area contributed by atoms with Gasteiger partial charge in [-0.2, -0.15) is 0 Å². The predicted molar refractivity (Wildman–Crippen MR) is 148 cm³/mol. The maximum absolute atomic E-state index is 14.0. The molecule has 194 valence electrons. The van der Waals surface area contributed by atoms with Gasteiger partial charge in [0.1, 0.15) is 11.5 Å². The number of fused-ring (bicyclic) bond motifs is 2. The van der Waals surface area contributed by atoms with E-state index in [1.54, 1.807) is 24.7 Å². The Morgan fingerprint density at radius 2 is 1.71 bits per heavy atom. The van der Waals surface area contributed by atoms with Crippen LogP contribution in [0.1, 0.15) is 34.7 Å². The molecule has 7 nitrogen and oxygen atoms in total. The Hall–Kier alpha value is -4.52. The summed E-state index contributed by atoms with van der Waals surface area (Å²) in [5.41, 5.74) is 3.39. The normalized spacial score (nSPS) is 12.1. The summed E-state index contributed by atoms with van der Waals surface area (Å²) in [5.74, 6) is -0.639. The molecule has 3 aromatic carbocycles. The molecule has 0 spiro atoms. The van der Waals surface area contributed by atoms with Gasteiger partial charge in [0.25, 0.3) is 5.56 Å². The standard InChI is InChI=1S/C31H30N2O5/c1-19-16-27(34)30(31(36)33(19)15-14-20-18-32-26-11-7-6-8-21(20)26)25(17-29(35)38-3)23-12-13-28(37-2)24-10-5-4-9-22(23)24/h4-13,16,18,25,32,34H,14-15,17H2,1-3H3/t25-/m1/s1. The van der Waals surface area contributed by atoms with E-state index in [2.05, 4.69) is 11.1 Å². The van der Waals surface area contributed by atoms with E-state index in [-0.39, 0.29) is 23.3 Å². The summed E-state index contributed by atoms with van der Waals surface area (Å²) in [6.45, 7) is 2.23. The molecule has 0 saturated carbocycles. The van der Waals surface area contributed by atoms with E-state index in [9.17, 15) is 14.7 Å². The van der Waals surface area contributed by atoms with Gasteiger partial charge in [0.15, 0.2) is 0 Å². The van der Waals surface area contributed by atoms with Gasteiger partial charge in [-0.15, -0.1) is 0 Å². The summed E-state index contributed by atoms with van der Waals surface area (Å²) in [6, 6.07) is 21.0. The SMILES string of the molecule is COC(=O)C[C@@H](c1c(O)cc(C)n(CCc2c[nH]c3ccccc23)c1=O)c1ccc(OC)c2ccccc12. The molecule has 0 aliphatic heterocycles. The second-order valence-electron chi connectivity index (χ2n) is 9.39. The number of nitrogens with one attached hydrogen (secondary N) is 1. The van der Waals surface area contributed by atoms with Crippen LogP contribution in [0.25, 0.3) is 21.7 Å². The molecule has 5 rings (SSSR count). The summed E-state index contributed by atoms with van der Waals surface area (Å²) in [7, 11) is 2.92. The highest BCUT2D eigenvalue weighted by molar-refractivity contribution is 5.92. The molecule has 0 radical (unpaired) electrons. The smallest absolute Gasteiger partial charge is 0.306 e. The van der Waals surface area contributed by atoms with Gasteiger partial charge in [-0.1, -0.05) is 48.5 Å². The van der Waals surface area contributed by atoms with Crippen molar-refractivity contribution in [2.75, 3.05) is 14.2 Å². The number of esters is 1. The maximum Gasteiger partial charge on any atom is 0.306 e. The lowest BCUT2D eigenvalue weighted by atomic mass is 9.85. The number of aromatic hydroxyl groups is 1. The van der Waals surface area contributed by atoms with Gasteiger partial charge in [0, 0.05) is 40.6 Å². The number of carbonyl (C=O) groups is 1. The highest BCUT2D eigenvalue weighted by Gasteiger charge is 2.28. The first kappa shape index (κ1) is 25.1. The largest absolute Gasteiger partial charge is 0.507 e. The zero-order valence-electron chi connectivity index (χ0n) is 21.7. The third-order valence-electron chi connectivity index (χ3n) is 7.26. The quantitative estimate of drug-likeness (QED) is 0.271. The average molecular weight is 511 g/mol. The van der Waals surface area contributed by atoms with Gasteiger partial charge in [0.05, 0.1) is 26.2 Å². The highest BCUT2D eigenvalue weighted by Crippen LogP contribution is 2.39. The molecule has 0 saturated heterocycles. The second-order valence-corrected chi connectivity index (χ2v) is 9.39. The Balaban J connectivity index is 1.62. The van der Waals surface area contributed by atoms with Crippen molar-refractivity contribution in [2.45, 2.75) is 32.2 Å². The van der Waals surface area contributed by atoms with E-state index in [1.807, 2.05) is 60.8 Å². The fourth-order valence-electron chi connectivity index (χ4n) is 5.34. The van der Waals surface area contributed by atoms with Crippen LogP contribution in [0.15, 0.2) is 77.7 Å². The number of hydrogen-bond acceptors (Lipinski definition) is 5. The van der Waals surface area contributed by atoms with Crippen molar-refractivity contribution >= 4 is 27.6 Å². The van der Waals surface area contributed by atoms with Gasteiger partial charge in [-0.3, -0.25) is 9.59 Å². The molecule has 0 amide bonds. The molecular weight excluding hydrogens is 480 g/mol. The third-order valence-corrected chi connectivity index (χ3v) is 7.26. The monoisotopic (exact) mass is 510 g/mol. The van der Waals surface area contributed by atoms with E-state index >= 15 is 0 Å². The Morgan fingerprint density at radius 1 is 1.00 bits per heavy atom. The molecule has 2 N–H and O–H groups in total. The van der Waals surface area contributed by atoms with E-state index in [1.165, 1.54) is 7.11 Å². The number of nitrogens with zero attached hydrogens (tertiary/aromatic N) is 1. The van der Waals surface area contributed by atoms with Crippen LogP contribution < -0.4 is 10.3 Å². The number of methoxy groups -OCH3 is 2. The third kappa shape index (κ3) is 4.52. The maximum atomic E-state index is 14.0. The van der Waals surface area contributed by atoms with Crippen molar-refractivity contribution in [3.8, 4) is 11.5 Å². The van der Waals surface area contributed by atoms with E-state index in [0.29, 0.717) is 24.4 Å². The van der Waals surface area contributed by atoms with Crippen LogP contribution in [0.5, 0.6) is 11.5 Å². The van der Waals surface area contributed by atoms with Gasteiger partial charge in [-0.25, -0.2) is 0 Å². The minimum absolute atomic E-state index is 0.0961. The van der Waals surface area contributed by atoms with Crippen LogP contribution in [0.3, 0.4) is 0 Å².